The van der Waals surface area contributed by atoms with E-state index in [4.69, 9.17) is 5.11 Å². The van der Waals surface area contributed by atoms with Crippen LogP contribution in [0.3, 0.4) is 0 Å². The molecule has 0 radical (unpaired) electrons. The first-order valence-electron chi connectivity index (χ1n) is 3.70. The highest BCUT2D eigenvalue weighted by Crippen LogP contribution is 2.28. The summed E-state index contributed by atoms with van der Waals surface area (Å²) in [6, 6.07) is 1.81. The fourth-order valence-electron chi connectivity index (χ4n) is 1.03. The largest absolute Gasteiger partial charge is 0.505 e. The molecule has 0 saturated carbocycles. The van der Waals surface area contributed by atoms with Gasteiger partial charge in [-0.2, -0.15) is 0 Å². The van der Waals surface area contributed by atoms with E-state index in [2.05, 4.69) is 0 Å². The van der Waals surface area contributed by atoms with Crippen molar-refractivity contribution in [2.24, 2.45) is 0 Å². The van der Waals surface area contributed by atoms with Gasteiger partial charge in [0.15, 0.2) is 11.6 Å². The minimum absolute atomic E-state index is 0.0878. The van der Waals surface area contributed by atoms with Crippen molar-refractivity contribution in [3.05, 3.63) is 29.3 Å². The van der Waals surface area contributed by atoms with Gasteiger partial charge in [-0.3, -0.25) is 0 Å². The molecule has 1 aromatic rings. The van der Waals surface area contributed by atoms with Crippen molar-refractivity contribution in [3.63, 3.8) is 0 Å². The van der Waals surface area contributed by atoms with Crippen molar-refractivity contribution >= 4 is 0 Å². The van der Waals surface area contributed by atoms with Crippen LogP contribution < -0.4 is 0 Å². The van der Waals surface area contributed by atoms with E-state index in [1.807, 2.05) is 0 Å². The van der Waals surface area contributed by atoms with Gasteiger partial charge in [0.05, 0.1) is 0 Å². The van der Waals surface area contributed by atoms with Gasteiger partial charge >= 0.3 is 0 Å². The number of aromatic hydroxyl groups is 1. The number of rotatable bonds is 1. The van der Waals surface area contributed by atoms with E-state index < -0.39 is 17.4 Å². The molecule has 0 bridgehead atoms. The summed E-state index contributed by atoms with van der Waals surface area (Å²) in [6.45, 7) is 3.52. The minimum atomic E-state index is -0.904. The maximum absolute atomic E-state index is 12.7. The first kappa shape index (κ1) is 8.97. The van der Waals surface area contributed by atoms with Crippen molar-refractivity contribution in [3.8, 4) is 5.75 Å². The second kappa shape index (κ2) is 3.09. The SMILES string of the molecule is CC(C)c1cc(F)cc(F)c1O. The van der Waals surface area contributed by atoms with Gasteiger partial charge in [0.25, 0.3) is 0 Å². The van der Waals surface area contributed by atoms with Crippen LogP contribution in [0.15, 0.2) is 12.1 Å². The van der Waals surface area contributed by atoms with Crippen LogP contribution >= 0.6 is 0 Å². The maximum Gasteiger partial charge on any atom is 0.168 e. The molecule has 66 valence electrons. The van der Waals surface area contributed by atoms with E-state index >= 15 is 0 Å². The van der Waals surface area contributed by atoms with Crippen LogP contribution in [0.5, 0.6) is 5.75 Å². The third-order valence-corrected chi connectivity index (χ3v) is 1.68. The van der Waals surface area contributed by atoms with Crippen LogP contribution in [0.25, 0.3) is 0 Å². The lowest BCUT2D eigenvalue weighted by molar-refractivity contribution is 0.418. The Morgan fingerprint density at radius 3 is 2.33 bits per heavy atom. The standard InChI is InChI=1S/C9H10F2O/c1-5(2)7-3-6(10)4-8(11)9(7)12/h3-5,12H,1-2H3. The van der Waals surface area contributed by atoms with Crippen molar-refractivity contribution < 1.29 is 13.9 Å². The average Bonchev–Trinajstić information content (AvgIpc) is 1.96. The molecule has 0 aliphatic heterocycles. The van der Waals surface area contributed by atoms with Crippen molar-refractivity contribution in [1.29, 1.82) is 0 Å². The first-order valence-corrected chi connectivity index (χ1v) is 3.70. The first-order chi connectivity index (χ1) is 5.52. The molecule has 1 aromatic carbocycles. The normalized spacial score (nSPS) is 10.8. The smallest absolute Gasteiger partial charge is 0.168 e. The topological polar surface area (TPSA) is 20.2 Å². The van der Waals surface area contributed by atoms with Gasteiger partial charge in [0.1, 0.15) is 5.82 Å². The molecule has 0 heterocycles. The Morgan fingerprint density at radius 1 is 1.25 bits per heavy atom. The lowest BCUT2D eigenvalue weighted by Crippen LogP contribution is -1.92. The predicted octanol–water partition coefficient (Wildman–Crippen LogP) is 2.79. The summed E-state index contributed by atoms with van der Waals surface area (Å²) >= 11 is 0. The molecular weight excluding hydrogens is 162 g/mol. The molecular formula is C9H10F2O. The summed E-state index contributed by atoms with van der Waals surface area (Å²) in [6.07, 6.45) is 0. The van der Waals surface area contributed by atoms with Gasteiger partial charge in [-0.05, 0) is 12.0 Å². The summed E-state index contributed by atoms with van der Waals surface area (Å²) in [4.78, 5) is 0. The van der Waals surface area contributed by atoms with E-state index in [0.717, 1.165) is 6.07 Å². The van der Waals surface area contributed by atoms with Crippen LogP contribution in [-0.4, -0.2) is 5.11 Å². The highest BCUT2D eigenvalue weighted by Gasteiger charge is 2.12. The van der Waals surface area contributed by atoms with Crippen molar-refractivity contribution in [2.45, 2.75) is 19.8 Å². The third-order valence-electron chi connectivity index (χ3n) is 1.68. The number of phenols is 1. The van der Waals surface area contributed by atoms with E-state index in [9.17, 15) is 8.78 Å². The van der Waals surface area contributed by atoms with E-state index in [1.165, 1.54) is 0 Å². The highest BCUT2D eigenvalue weighted by molar-refractivity contribution is 5.36. The Kier molecular flexibility index (Phi) is 2.31. The summed E-state index contributed by atoms with van der Waals surface area (Å²) in [7, 11) is 0. The molecule has 3 heteroatoms. The molecule has 0 aliphatic carbocycles. The van der Waals surface area contributed by atoms with Gasteiger partial charge in [0.2, 0.25) is 0 Å². The van der Waals surface area contributed by atoms with Gasteiger partial charge < -0.3 is 5.11 Å². The van der Waals surface area contributed by atoms with Crippen LogP contribution in [-0.2, 0) is 0 Å². The number of phenolic OH excluding ortho intramolecular Hbond substituents is 1. The Balaban J connectivity index is 3.28. The zero-order valence-electron chi connectivity index (χ0n) is 6.94. The van der Waals surface area contributed by atoms with Crippen molar-refractivity contribution in [1.82, 2.24) is 0 Å². The summed E-state index contributed by atoms with van der Waals surface area (Å²) in [5.74, 6) is -2.10. The van der Waals surface area contributed by atoms with Crippen LogP contribution in [0, 0.1) is 11.6 Å². The monoisotopic (exact) mass is 172 g/mol. The fraction of sp³-hybridized carbons (Fsp3) is 0.333. The molecule has 0 unspecified atom stereocenters. The summed E-state index contributed by atoms with van der Waals surface area (Å²) < 4.78 is 25.3. The summed E-state index contributed by atoms with van der Waals surface area (Å²) in [5, 5.41) is 9.15. The van der Waals surface area contributed by atoms with Crippen molar-refractivity contribution in [2.75, 3.05) is 0 Å². The fourth-order valence-corrected chi connectivity index (χ4v) is 1.03. The molecule has 0 fully saturated rings. The van der Waals surface area contributed by atoms with Crippen LogP contribution in [0.4, 0.5) is 8.78 Å². The predicted molar refractivity (Wildman–Crippen MR) is 42.1 cm³/mol. The lowest BCUT2D eigenvalue weighted by atomic mass is 10.0. The second-order valence-electron chi connectivity index (χ2n) is 2.98. The second-order valence-corrected chi connectivity index (χ2v) is 2.98. The number of halogens is 2. The third kappa shape index (κ3) is 1.55. The molecule has 0 aromatic heterocycles. The Hall–Kier alpha value is -1.12. The lowest BCUT2D eigenvalue weighted by Gasteiger charge is -2.08. The van der Waals surface area contributed by atoms with Gasteiger partial charge in [-0.25, -0.2) is 8.78 Å². The number of benzene rings is 1. The molecule has 0 atom stereocenters. The highest BCUT2D eigenvalue weighted by atomic mass is 19.1. The molecule has 12 heavy (non-hydrogen) atoms. The Bertz CT molecular complexity index is 295. The molecule has 0 aliphatic rings. The van der Waals surface area contributed by atoms with Gasteiger partial charge in [-0.1, -0.05) is 13.8 Å². The Morgan fingerprint density at radius 2 is 1.83 bits per heavy atom. The molecule has 1 nitrogen and oxygen atoms in total. The van der Waals surface area contributed by atoms with E-state index in [-0.39, 0.29) is 5.92 Å². The van der Waals surface area contributed by atoms with Crippen LogP contribution in [0.1, 0.15) is 25.3 Å². The molecule has 1 rings (SSSR count). The van der Waals surface area contributed by atoms with Gasteiger partial charge in [-0.15, -0.1) is 0 Å². The molecule has 1 N–H and O–H groups in total. The molecule has 0 amide bonds. The number of hydrogen-bond donors (Lipinski definition) is 1. The Labute approximate surface area is 69.7 Å². The maximum atomic E-state index is 12.7. The van der Waals surface area contributed by atoms with Gasteiger partial charge in [0, 0.05) is 11.6 Å². The average molecular weight is 172 g/mol. The number of hydrogen-bond acceptors (Lipinski definition) is 1. The van der Waals surface area contributed by atoms with E-state index in [0.29, 0.717) is 11.6 Å². The molecule has 0 spiro atoms. The zero-order chi connectivity index (χ0) is 9.30. The minimum Gasteiger partial charge on any atom is -0.505 e. The quantitative estimate of drug-likeness (QED) is 0.690. The van der Waals surface area contributed by atoms with E-state index in [1.54, 1.807) is 13.8 Å². The summed E-state index contributed by atoms with van der Waals surface area (Å²) in [5.41, 5.74) is 0.299. The van der Waals surface area contributed by atoms with Crippen LogP contribution in [0.2, 0.25) is 0 Å². The zero-order valence-corrected chi connectivity index (χ0v) is 6.94. The molecule has 0 saturated heterocycles.